The first-order valence-corrected chi connectivity index (χ1v) is 9.79. The minimum absolute atomic E-state index is 0.0479. The largest absolute Gasteiger partial charge is 0.491 e. The van der Waals surface area contributed by atoms with Gasteiger partial charge in [0.1, 0.15) is 12.3 Å². The molecular formula is C22H23N3O4. The quantitative estimate of drug-likeness (QED) is 0.789. The first kappa shape index (κ1) is 19.0. The number of rotatable bonds is 6. The molecule has 2 aromatic rings. The van der Waals surface area contributed by atoms with Gasteiger partial charge in [0.05, 0.1) is 18.7 Å². The van der Waals surface area contributed by atoms with Gasteiger partial charge in [-0.2, -0.15) is 0 Å². The molecule has 0 bridgehead atoms. The van der Waals surface area contributed by atoms with E-state index < -0.39 is 0 Å². The topological polar surface area (TPSA) is 87.7 Å². The summed E-state index contributed by atoms with van der Waals surface area (Å²) in [5.41, 5.74) is 2.20. The summed E-state index contributed by atoms with van der Waals surface area (Å²) in [7, 11) is 0. The predicted molar refractivity (Wildman–Crippen MR) is 109 cm³/mol. The van der Waals surface area contributed by atoms with Gasteiger partial charge in [-0.15, -0.1) is 0 Å². The second-order valence-corrected chi connectivity index (χ2v) is 7.29. The molecule has 2 aromatic carbocycles. The highest BCUT2D eigenvalue weighted by molar-refractivity contribution is 6.00. The fourth-order valence-electron chi connectivity index (χ4n) is 3.24. The van der Waals surface area contributed by atoms with Crippen LogP contribution in [0.4, 0.5) is 11.4 Å². The van der Waals surface area contributed by atoms with Crippen molar-refractivity contribution in [2.24, 2.45) is 5.92 Å². The summed E-state index contributed by atoms with van der Waals surface area (Å²) in [6, 6.07) is 14.6. The Kier molecular flexibility index (Phi) is 5.46. The molecule has 7 heteroatoms. The van der Waals surface area contributed by atoms with E-state index in [1.54, 1.807) is 12.1 Å². The Hall–Kier alpha value is -3.35. The van der Waals surface area contributed by atoms with Crippen LogP contribution in [-0.2, 0) is 20.9 Å². The smallest absolute Gasteiger partial charge is 0.240 e. The van der Waals surface area contributed by atoms with Crippen molar-refractivity contribution in [1.29, 1.82) is 0 Å². The summed E-state index contributed by atoms with van der Waals surface area (Å²) in [6.45, 7) is 0.538. The Morgan fingerprint density at radius 1 is 1.10 bits per heavy atom. The first-order valence-electron chi connectivity index (χ1n) is 9.79. The van der Waals surface area contributed by atoms with E-state index in [9.17, 15) is 14.4 Å². The maximum absolute atomic E-state index is 12.5. The van der Waals surface area contributed by atoms with Gasteiger partial charge in [0, 0.05) is 18.2 Å². The number of nitrogens with one attached hydrogen (secondary N) is 2. The van der Waals surface area contributed by atoms with Crippen LogP contribution in [-0.4, -0.2) is 30.9 Å². The Morgan fingerprint density at radius 2 is 1.93 bits per heavy atom. The first-order chi connectivity index (χ1) is 14.1. The van der Waals surface area contributed by atoms with Crippen LogP contribution in [0, 0.1) is 5.92 Å². The van der Waals surface area contributed by atoms with Crippen LogP contribution in [0.5, 0.6) is 5.75 Å². The zero-order chi connectivity index (χ0) is 20.2. The lowest BCUT2D eigenvalue weighted by atomic mass is 10.2. The molecule has 0 saturated heterocycles. The van der Waals surface area contributed by atoms with Gasteiger partial charge >= 0.3 is 0 Å². The van der Waals surface area contributed by atoms with Gasteiger partial charge in [0.25, 0.3) is 0 Å². The number of anilines is 2. The number of nitrogens with zero attached hydrogens (tertiary/aromatic N) is 1. The van der Waals surface area contributed by atoms with Crippen LogP contribution >= 0.6 is 0 Å². The number of hydrogen-bond donors (Lipinski definition) is 2. The second-order valence-electron chi connectivity index (χ2n) is 7.29. The molecule has 1 saturated carbocycles. The van der Waals surface area contributed by atoms with Crippen molar-refractivity contribution in [3.05, 3.63) is 54.1 Å². The molecule has 2 aliphatic rings. The Labute approximate surface area is 169 Å². The van der Waals surface area contributed by atoms with Crippen molar-refractivity contribution in [3.63, 3.8) is 0 Å². The Morgan fingerprint density at radius 3 is 2.76 bits per heavy atom. The maximum Gasteiger partial charge on any atom is 0.240 e. The number of ether oxygens (including phenoxy) is 1. The zero-order valence-electron chi connectivity index (χ0n) is 16.0. The fourth-order valence-corrected chi connectivity index (χ4v) is 3.24. The summed E-state index contributed by atoms with van der Waals surface area (Å²) in [6.07, 6.45) is 2.13. The molecule has 4 rings (SSSR count). The highest BCUT2D eigenvalue weighted by Gasteiger charge is 2.29. The van der Waals surface area contributed by atoms with Crippen molar-refractivity contribution in [2.45, 2.75) is 25.8 Å². The van der Waals surface area contributed by atoms with Crippen molar-refractivity contribution >= 4 is 29.1 Å². The van der Waals surface area contributed by atoms with Crippen molar-refractivity contribution < 1.29 is 19.1 Å². The summed E-state index contributed by atoms with van der Waals surface area (Å²) in [5.74, 6) is 0.380. The van der Waals surface area contributed by atoms with Gasteiger partial charge < -0.3 is 15.4 Å². The molecule has 0 aromatic heterocycles. The summed E-state index contributed by atoms with van der Waals surface area (Å²) in [4.78, 5) is 38.3. The lowest BCUT2D eigenvalue weighted by molar-refractivity contribution is -0.124. The molecule has 0 unspecified atom stereocenters. The average molecular weight is 393 g/mol. The molecule has 150 valence electrons. The van der Waals surface area contributed by atoms with Crippen molar-refractivity contribution in [2.75, 3.05) is 23.4 Å². The number of para-hydroxylation sites is 2. The summed E-state index contributed by atoms with van der Waals surface area (Å²) < 4.78 is 5.60. The van der Waals surface area contributed by atoms with Crippen LogP contribution < -0.4 is 20.3 Å². The second kappa shape index (κ2) is 8.34. The number of benzene rings is 2. The number of amides is 3. The monoisotopic (exact) mass is 393 g/mol. The molecule has 3 amide bonds. The third kappa shape index (κ3) is 4.74. The van der Waals surface area contributed by atoms with E-state index in [0.29, 0.717) is 24.6 Å². The van der Waals surface area contributed by atoms with Crippen LogP contribution in [0.15, 0.2) is 48.5 Å². The molecule has 1 aliphatic heterocycles. The van der Waals surface area contributed by atoms with E-state index in [4.69, 9.17) is 4.74 Å². The molecule has 0 radical (unpaired) electrons. The van der Waals surface area contributed by atoms with Crippen LogP contribution in [0.2, 0.25) is 0 Å². The lowest BCUT2D eigenvalue weighted by Gasteiger charge is -2.21. The third-order valence-electron chi connectivity index (χ3n) is 4.96. The molecule has 29 heavy (non-hydrogen) atoms. The molecule has 1 heterocycles. The van der Waals surface area contributed by atoms with Gasteiger partial charge in [-0.1, -0.05) is 24.3 Å². The number of fused-ring (bicyclic) bond motifs is 1. The third-order valence-corrected chi connectivity index (χ3v) is 4.96. The van der Waals surface area contributed by atoms with E-state index >= 15 is 0 Å². The lowest BCUT2D eigenvalue weighted by Crippen LogP contribution is -2.40. The van der Waals surface area contributed by atoms with E-state index in [-0.39, 0.29) is 36.6 Å². The predicted octanol–water partition coefficient (Wildman–Crippen LogP) is 2.47. The van der Waals surface area contributed by atoms with E-state index in [1.165, 1.54) is 4.90 Å². The highest BCUT2D eigenvalue weighted by Crippen LogP contribution is 2.31. The molecule has 0 atom stereocenters. The fraction of sp³-hybridized carbons (Fsp3) is 0.318. The molecular weight excluding hydrogens is 370 g/mol. The average Bonchev–Trinajstić information content (AvgIpc) is 3.57. The molecule has 7 nitrogen and oxygen atoms in total. The molecule has 0 spiro atoms. The van der Waals surface area contributed by atoms with E-state index in [0.717, 1.165) is 24.1 Å². The van der Waals surface area contributed by atoms with Crippen LogP contribution in [0.25, 0.3) is 0 Å². The highest BCUT2D eigenvalue weighted by atomic mass is 16.5. The Bertz CT molecular complexity index is 939. The van der Waals surface area contributed by atoms with Gasteiger partial charge in [-0.3, -0.25) is 19.3 Å². The number of hydrogen-bond acceptors (Lipinski definition) is 4. The zero-order valence-corrected chi connectivity index (χ0v) is 16.0. The summed E-state index contributed by atoms with van der Waals surface area (Å²) >= 11 is 0. The molecule has 2 N–H and O–H groups in total. The number of carbonyl (C=O) groups is 3. The summed E-state index contributed by atoms with van der Waals surface area (Å²) in [5, 5.41) is 5.75. The normalized spacial score (nSPS) is 15.7. The van der Waals surface area contributed by atoms with E-state index in [2.05, 4.69) is 10.6 Å². The molecule has 1 aliphatic carbocycles. The van der Waals surface area contributed by atoms with E-state index in [1.807, 2.05) is 36.4 Å². The number of carbonyl (C=O) groups excluding carboxylic acids is 3. The van der Waals surface area contributed by atoms with Gasteiger partial charge in [-0.25, -0.2) is 0 Å². The van der Waals surface area contributed by atoms with Crippen molar-refractivity contribution in [3.8, 4) is 5.75 Å². The van der Waals surface area contributed by atoms with Crippen LogP contribution in [0.1, 0.15) is 24.8 Å². The minimum Gasteiger partial charge on any atom is -0.491 e. The van der Waals surface area contributed by atoms with Crippen molar-refractivity contribution in [1.82, 2.24) is 5.32 Å². The Balaban J connectivity index is 1.36. The SMILES string of the molecule is O=C(CN1C(=O)CCOc2ccccc21)NCc1cccc(NC(=O)C2CC2)c1. The standard InChI is InChI=1S/C22H23N3O4/c26-20(14-25-18-6-1-2-7-19(18)29-11-10-21(25)27)23-13-15-4-3-5-17(12-15)24-22(28)16-8-9-16/h1-7,12,16H,8-11,13-14H2,(H,23,26)(H,24,28). The van der Waals surface area contributed by atoms with Gasteiger partial charge in [0.15, 0.2) is 0 Å². The molecule has 1 fully saturated rings. The van der Waals surface area contributed by atoms with Gasteiger partial charge in [0.2, 0.25) is 17.7 Å². The maximum atomic E-state index is 12.5. The minimum atomic E-state index is -0.262. The van der Waals surface area contributed by atoms with Gasteiger partial charge in [-0.05, 0) is 42.7 Å². The van der Waals surface area contributed by atoms with Crippen LogP contribution in [0.3, 0.4) is 0 Å².